The predicted molar refractivity (Wildman–Crippen MR) is 54.4 cm³/mol. The standard InChI is InChI=1S/C12H11O/c1-13-9-11-7-4-6-10-5-2-3-8-12(10)11/h2-9H,1H3. The van der Waals surface area contributed by atoms with E-state index in [9.17, 15) is 0 Å². The third kappa shape index (κ3) is 1.56. The van der Waals surface area contributed by atoms with E-state index in [4.69, 9.17) is 4.74 Å². The Bertz CT molecular complexity index is 401. The summed E-state index contributed by atoms with van der Waals surface area (Å²) in [5.74, 6) is 0. The van der Waals surface area contributed by atoms with E-state index >= 15 is 0 Å². The molecule has 0 heterocycles. The van der Waals surface area contributed by atoms with Gasteiger partial charge in [0.2, 0.25) is 0 Å². The second-order valence-electron chi connectivity index (χ2n) is 2.92. The summed E-state index contributed by atoms with van der Waals surface area (Å²) in [6.07, 6.45) is 0. The Morgan fingerprint density at radius 1 is 1.00 bits per heavy atom. The van der Waals surface area contributed by atoms with Crippen molar-refractivity contribution in [2.24, 2.45) is 0 Å². The first-order chi connectivity index (χ1) is 6.42. The second kappa shape index (κ2) is 3.58. The van der Waals surface area contributed by atoms with Gasteiger partial charge in [0.25, 0.3) is 0 Å². The van der Waals surface area contributed by atoms with Gasteiger partial charge in [-0.15, -0.1) is 0 Å². The highest BCUT2D eigenvalue weighted by Gasteiger charge is 1.98. The van der Waals surface area contributed by atoms with E-state index in [-0.39, 0.29) is 0 Å². The highest BCUT2D eigenvalue weighted by molar-refractivity contribution is 5.86. The lowest BCUT2D eigenvalue weighted by atomic mass is 10.1. The van der Waals surface area contributed by atoms with Gasteiger partial charge in [0.1, 0.15) is 6.61 Å². The molecule has 0 amide bonds. The van der Waals surface area contributed by atoms with Crippen LogP contribution < -0.4 is 0 Å². The van der Waals surface area contributed by atoms with Crippen LogP contribution in [0.15, 0.2) is 42.5 Å². The first kappa shape index (κ1) is 8.27. The quantitative estimate of drug-likeness (QED) is 0.675. The second-order valence-corrected chi connectivity index (χ2v) is 2.92. The molecule has 2 aromatic carbocycles. The molecule has 1 nitrogen and oxygen atoms in total. The third-order valence-electron chi connectivity index (χ3n) is 2.07. The average Bonchev–Trinajstić information content (AvgIpc) is 2.19. The fourth-order valence-electron chi connectivity index (χ4n) is 1.48. The minimum Gasteiger partial charge on any atom is -0.374 e. The monoisotopic (exact) mass is 171 g/mol. The summed E-state index contributed by atoms with van der Waals surface area (Å²) >= 11 is 0. The zero-order chi connectivity index (χ0) is 9.10. The van der Waals surface area contributed by atoms with E-state index in [2.05, 4.69) is 18.2 Å². The lowest BCUT2D eigenvalue weighted by Gasteiger charge is -2.03. The topological polar surface area (TPSA) is 9.23 Å². The molecule has 0 fully saturated rings. The Labute approximate surface area is 78.0 Å². The molecule has 0 atom stereocenters. The van der Waals surface area contributed by atoms with Gasteiger partial charge < -0.3 is 4.74 Å². The third-order valence-corrected chi connectivity index (χ3v) is 2.07. The molecule has 2 aromatic rings. The number of hydrogen-bond donors (Lipinski definition) is 0. The van der Waals surface area contributed by atoms with E-state index in [0.29, 0.717) is 0 Å². The molecule has 0 saturated carbocycles. The number of benzene rings is 2. The van der Waals surface area contributed by atoms with Crippen molar-refractivity contribution in [2.75, 3.05) is 7.11 Å². The smallest absolute Gasteiger partial charge is 0.113 e. The minimum atomic E-state index is 1.13. The molecule has 1 heteroatoms. The van der Waals surface area contributed by atoms with Crippen molar-refractivity contribution in [3.63, 3.8) is 0 Å². The van der Waals surface area contributed by atoms with Crippen LogP contribution in [0.5, 0.6) is 0 Å². The molecule has 0 aliphatic heterocycles. The maximum atomic E-state index is 5.01. The number of ether oxygens (including phenoxy) is 1. The average molecular weight is 171 g/mol. The normalized spacial score (nSPS) is 10.5. The summed E-state index contributed by atoms with van der Waals surface area (Å²) in [6, 6.07) is 14.5. The Morgan fingerprint density at radius 3 is 2.62 bits per heavy atom. The zero-order valence-electron chi connectivity index (χ0n) is 7.53. The highest BCUT2D eigenvalue weighted by atomic mass is 16.5. The van der Waals surface area contributed by atoms with E-state index in [0.717, 1.165) is 5.56 Å². The maximum Gasteiger partial charge on any atom is 0.113 e. The molecule has 0 aromatic heterocycles. The number of hydrogen-bond acceptors (Lipinski definition) is 1. The van der Waals surface area contributed by atoms with Crippen LogP contribution >= 0.6 is 0 Å². The Balaban J connectivity index is 2.61. The van der Waals surface area contributed by atoms with Gasteiger partial charge in [-0.2, -0.15) is 0 Å². The highest BCUT2D eigenvalue weighted by Crippen LogP contribution is 2.19. The van der Waals surface area contributed by atoms with E-state index in [1.54, 1.807) is 13.7 Å². The van der Waals surface area contributed by atoms with Gasteiger partial charge in [-0.05, 0) is 16.3 Å². The van der Waals surface area contributed by atoms with Crippen molar-refractivity contribution in [1.82, 2.24) is 0 Å². The van der Waals surface area contributed by atoms with Crippen molar-refractivity contribution in [3.8, 4) is 0 Å². The molecule has 13 heavy (non-hydrogen) atoms. The van der Waals surface area contributed by atoms with Gasteiger partial charge in [-0.25, -0.2) is 0 Å². The molecule has 0 unspecified atom stereocenters. The number of rotatable bonds is 2. The Morgan fingerprint density at radius 2 is 1.77 bits per heavy atom. The first-order valence-electron chi connectivity index (χ1n) is 4.25. The molecular weight excluding hydrogens is 160 g/mol. The molecule has 0 bridgehead atoms. The van der Waals surface area contributed by atoms with Crippen LogP contribution in [0, 0.1) is 6.61 Å². The summed E-state index contributed by atoms with van der Waals surface area (Å²) in [5, 5.41) is 2.47. The van der Waals surface area contributed by atoms with Gasteiger partial charge in [-0.1, -0.05) is 42.5 Å². The summed E-state index contributed by atoms with van der Waals surface area (Å²) in [6.45, 7) is 1.77. The number of fused-ring (bicyclic) bond motifs is 1. The number of methoxy groups -OCH3 is 1. The summed E-state index contributed by atoms with van der Waals surface area (Å²) in [4.78, 5) is 0. The van der Waals surface area contributed by atoms with E-state index in [1.165, 1.54) is 10.8 Å². The first-order valence-corrected chi connectivity index (χ1v) is 4.25. The summed E-state index contributed by atoms with van der Waals surface area (Å²) < 4.78 is 5.01. The fraction of sp³-hybridized carbons (Fsp3) is 0.0833. The van der Waals surface area contributed by atoms with Crippen molar-refractivity contribution >= 4 is 10.8 Å². The van der Waals surface area contributed by atoms with Gasteiger partial charge in [0, 0.05) is 7.11 Å². The van der Waals surface area contributed by atoms with Crippen molar-refractivity contribution in [3.05, 3.63) is 54.6 Å². The fourth-order valence-corrected chi connectivity index (χ4v) is 1.48. The predicted octanol–water partition coefficient (Wildman–Crippen LogP) is 3.00. The molecule has 0 saturated heterocycles. The van der Waals surface area contributed by atoms with Crippen LogP contribution in [0.1, 0.15) is 5.56 Å². The van der Waals surface area contributed by atoms with Crippen LogP contribution in [-0.2, 0) is 4.74 Å². The maximum absolute atomic E-state index is 5.01. The van der Waals surface area contributed by atoms with Crippen LogP contribution in [0.3, 0.4) is 0 Å². The Hall–Kier alpha value is -1.34. The lowest BCUT2D eigenvalue weighted by molar-refractivity contribution is 0.293. The molecule has 0 aliphatic carbocycles. The molecular formula is C12H11O. The zero-order valence-corrected chi connectivity index (χ0v) is 7.53. The summed E-state index contributed by atoms with van der Waals surface area (Å²) in [5.41, 5.74) is 1.13. The van der Waals surface area contributed by atoms with Gasteiger partial charge in [0.05, 0.1) is 0 Å². The molecule has 2 rings (SSSR count). The van der Waals surface area contributed by atoms with E-state index < -0.39 is 0 Å². The molecule has 0 spiro atoms. The van der Waals surface area contributed by atoms with Crippen LogP contribution in [0.4, 0.5) is 0 Å². The van der Waals surface area contributed by atoms with Crippen LogP contribution in [0.25, 0.3) is 10.8 Å². The molecule has 1 radical (unpaired) electrons. The largest absolute Gasteiger partial charge is 0.374 e. The molecule has 0 N–H and O–H groups in total. The van der Waals surface area contributed by atoms with Gasteiger partial charge in [0.15, 0.2) is 0 Å². The van der Waals surface area contributed by atoms with Crippen molar-refractivity contribution < 1.29 is 4.74 Å². The SMILES string of the molecule is CO[CH]c1cccc2ccccc12. The summed E-state index contributed by atoms with van der Waals surface area (Å²) in [7, 11) is 1.67. The molecule has 0 aliphatic rings. The van der Waals surface area contributed by atoms with E-state index in [1.807, 2.05) is 24.3 Å². The van der Waals surface area contributed by atoms with Crippen molar-refractivity contribution in [1.29, 1.82) is 0 Å². The van der Waals surface area contributed by atoms with Crippen molar-refractivity contribution in [2.45, 2.75) is 0 Å². The van der Waals surface area contributed by atoms with Gasteiger partial charge >= 0.3 is 0 Å². The minimum absolute atomic E-state index is 1.13. The van der Waals surface area contributed by atoms with Crippen LogP contribution in [-0.4, -0.2) is 7.11 Å². The van der Waals surface area contributed by atoms with Crippen LogP contribution in [0.2, 0.25) is 0 Å². The lowest BCUT2D eigenvalue weighted by Crippen LogP contribution is -1.85. The van der Waals surface area contributed by atoms with Gasteiger partial charge in [-0.3, -0.25) is 0 Å². The Kier molecular flexibility index (Phi) is 2.28. The molecule has 65 valence electrons.